The highest BCUT2D eigenvalue weighted by atomic mass is 16.5. The maximum absolute atomic E-state index is 5.50. The summed E-state index contributed by atoms with van der Waals surface area (Å²) in [7, 11) is 0. The Morgan fingerprint density at radius 1 is 0.947 bits per heavy atom. The van der Waals surface area contributed by atoms with E-state index in [-0.39, 0.29) is 0 Å². The highest BCUT2D eigenvalue weighted by molar-refractivity contribution is 5.66. The molecule has 0 fully saturated rings. The zero-order chi connectivity index (χ0) is 13.1. The molecular formula is C15H13N3O. The molecule has 1 aromatic carbocycles. The molecule has 0 aliphatic rings. The lowest BCUT2D eigenvalue weighted by Gasteiger charge is -2.01. The van der Waals surface area contributed by atoms with Crippen molar-refractivity contribution >= 4 is 0 Å². The first kappa shape index (κ1) is 11.6. The lowest BCUT2D eigenvalue weighted by Crippen LogP contribution is -1.92. The second-order valence-corrected chi connectivity index (χ2v) is 4.17. The second kappa shape index (κ2) is 5.04. The summed E-state index contributed by atoms with van der Waals surface area (Å²) >= 11 is 0. The summed E-state index contributed by atoms with van der Waals surface area (Å²) in [4.78, 5) is 4.32. The van der Waals surface area contributed by atoms with Crippen molar-refractivity contribution < 1.29 is 4.52 Å². The van der Waals surface area contributed by atoms with Crippen molar-refractivity contribution in [1.82, 2.24) is 10.1 Å². The Balaban J connectivity index is 1.90. The van der Waals surface area contributed by atoms with E-state index in [0.29, 0.717) is 12.3 Å². The summed E-state index contributed by atoms with van der Waals surface area (Å²) < 4.78 is 5.10. The van der Waals surface area contributed by atoms with Gasteiger partial charge in [-0.1, -0.05) is 35.5 Å². The minimum atomic E-state index is 0.360. The molecule has 0 atom stereocenters. The van der Waals surface area contributed by atoms with Crippen LogP contribution >= 0.6 is 0 Å². The molecule has 3 aromatic rings. The molecule has 2 aromatic heterocycles. The first-order valence-electron chi connectivity index (χ1n) is 6.04. The maximum Gasteiger partial charge on any atom is 0.150 e. The number of rotatable bonds is 3. The third-order valence-corrected chi connectivity index (χ3v) is 2.90. The van der Waals surface area contributed by atoms with E-state index in [2.05, 4.69) is 10.1 Å². The predicted octanol–water partition coefficient (Wildman–Crippen LogP) is 2.86. The lowest BCUT2D eigenvalue weighted by atomic mass is 10.1. The molecular weight excluding hydrogens is 238 g/mol. The Hall–Kier alpha value is -2.46. The molecule has 94 valence electrons. The van der Waals surface area contributed by atoms with Crippen LogP contribution in [0.1, 0.15) is 5.76 Å². The summed E-state index contributed by atoms with van der Waals surface area (Å²) in [5.74, 6) is 0.684. The molecule has 0 aliphatic heterocycles. The molecule has 4 nitrogen and oxygen atoms in total. The van der Waals surface area contributed by atoms with E-state index in [1.165, 1.54) is 0 Å². The molecule has 0 radical (unpaired) electrons. The Morgan fingerprint density at radius 3 is 2.26 bits per heavy atom. The summed E-state index contributed by atoms with van der Waals surface area (Å²) in [6, 6.07) is 15.8. The smallest absolute Gasteiger partial charge is 0.150 e. The second-order valence-electron chi connectivity index (χ2n) is 4.17. The van der Waals surface area contributed by atoms with E-state index in [1.807, 2.05) is 48.5 Å². The van der Waals surface area contributed by atoms with E-state index in [0.717, 1.165) is 22.5 Å². The highest BCUT2D eigenvalue weighted by Gasteiger charge is 2.06. The van der Waals surface area contributed by atoms with Crippen molar-refractivity contribution in [3.8, 4) is 22.5 Å². The summed E-state index contributed by atoms with van der Waals surface area (Å²) in [5.41, 5.74) is 9.33. The molecule has 2 heterocycles. The van der Waals surface area contributed by atoms with Crippen LogP contribution in [0.2, 0.25) is 0 Å². The fraction of sp³-hybridized carbons (Fsp3) is 0.0667. The topological polar surface area (TPSA) is 64.9 Å². The van der Waals surface area contributed by atoms with Gasteiger partial charge in [0.1, 0.15) is 5.69 Å². The average molecular weight is 251 g/mol. The molecule has 3 rings (SSSR count). The standard InChI is InChI=1S/C15H13N3O/c16-10-13-9-15(18-19-13)12-6-4-11(5-7-12)14-3-1-2-8-17-14/h1-9H,10,16H2. The van der Waals surface area contributed by atoms with Gasteiger partial charge in [0.05, 0.1) is 12.2 Å². The molecule has 0 unspecified atom stereocenters. The van der Waals surface area contributed by atoms with Crippen molar-refractivity contribution in [2.45, 2.75) is 6.54 Å². The number of benzene rings is 1. The van der Waals surface area contributed by atoms with Crippen molar-refractivity contribution in [2.75, 3.05) is 0 Å². The van der Waals surface area contributed by atoms with Gasteiger partial charge in [0.25, 0.3) is 0 Å². The highest BCUT2D eigenvalue weighted by Crippen LogP contribution is 2.23. The summed E-state index contributed by atoms with van der Waals surface area (Å²) in [6.07, 6.45) is 1.79. The number of hydrogen-bond acceptors (Lipinski definition) is 4. The number of nitrogens with two attached hydrogens (primary N) is 1. The van der Waals surface area contributed by atoms with Gasteiger partial charge in [-0.05, 0) is 12.1 Å². The summed E-state index contributed by atoms with van der Waals surface area (Å²) in [5, 5.41) is 3.99. The monoisotopic (exact) mass is 251 g/mol. The molecule has 19 heavy (non-hydrogen) atoms. The molecule has 0 amide bonds. The van der Waals surface area contributed by atoms with Gasteiger partial charge in [-0.25, -0.2) is 0 Å². The van der Waals surface area contributed by atoms with Crippen molar-refractivity contribution in [1.29, 1.82) is 0 Å². The normalized spacial score (nSPS) is 10.6. The van der Waals surface area contributed by atoms with E-state index >= 15 is 0 Å². The Morgan fingerprint density at radius 2 is 1.68 bits per heavy atom. The van der Waals surface area contributed by atoms with E-state index in [1.54, 1.807) is 6.20 Å². The Labute approximate surface area is 110 Å². The number of hydrogen-bond donors (Lipinski definition) is 1. The SMILES string of the molecule is NCc1cc(-c2ccc(-c3ccccn3)cc2)no1. The maximum atomic E-state index is 5.50. The van der Waals surface area contributed by atoms with Gasteiger partial charge in [-0.15, -0.1) is 0 Å². The van der Waals surface area contributed by atoms with Gasteiger partial charge in [0, 0.05) is 23.4 Å². The number of nitrogens with zero attached hydrogens (tertiary/aromatic N) is 2. The zero-order valence-corrected chi connectivity index (χ0v) is 10.3. The van der Waals surface area contributed by atoms with E-state index < -0.39 is 0 Å². The van der Waals surface area contributed by atoms with Gasteiger partial charge < -0.3 is 10.3 Å². The molecule has 0 aliphatic carbocycles. The van der Waals surface area contributed by atoms with Crippen molar-refractivity contribution in [3.63, 3.8) is 0 Å². The van der Waals surface area contributed by atoms with Crippen LogP contribution in [0, 0.1) is 0 Å². The minimum Gasteiger partial charge on any atom is -0.359 e. The van der Waals surface area contributed by atoms with Crippen LogP contribution in [0.15, 0.2) is 59.3 Å². The summed E-state index contributed by atoms with van der Waals surface area (Å²) in [6.45, 7) is 0.360. The van der Waals surface area contributed by atoms with Crippen LogP contribution in [0.25, 0.3) is 22.5 Å². The van der Waals surface area contributed by atoms with Crippen molar-refractivity contribution in [3.05, 3.63) is 60.5 Å². The fourth-order valence-electron chi connectivity index (χ4n) is 1.89. The number of pyridine rings is 1. The minimum absolute atomic E-state index is 0.360. The Kier molecular flexibility index (Phi) is 3.08. The molecule has 4 heteroatoms. The molecule has 0 saturated heterocycles. The van der Waals surface area contributed by atoms with Gasteiger partial charge >= 0.3 is 0 Å². The van der Waals surface area contributed by atoms with Gasteiger partial charge in [0.2, 0.25) is 0 Å². The van der Waals surface area contributed by atoms with Gasteiger partial charge in [0.15, 0.2) is 5.76 Å². The lowest BCUT2D eigenvalue weighted by molar-refractivity contribution is 0.387. The van der Waals surface area contributed by atoms with Gasteiger partial charge in [-0.2, -0.15) is 0 Å². The zero-order valence-electron chi connectivity index (χ0n) is 10.3. The molecule has 0 bridgehead atoms. The molecule has 0 saturated carbocycles. The van der Waals surface area contributed by atoms with Gasteiger partial charge in [-0.3, -0.25) is 4.98 Å². The van der Waals surface area contributed by atoms with Crippen LogP contribution < -0.4 is 5.73 Å². The van der Waals surface area contributed by atoms with E-state index in [9.17, 15) is 0 Å². The third kappa shape index (κ3) is 2.39. The molecule has 0 spiro atoms. The third-order valence-electron chi connectivity index (χ3n) is 2.90. The number of aromatic nitrogens is 2. The average Bonchev–Trinajstić information content (AvgIpc) is 2.97. The van der Waals surface area contributed by atoms with Crippen LogP contribution in [0.4, 0.5) is 0 Å². The first-order valence-corrected chi connectivity index (χ1v) is 6.04. The van der Waals surface area contributed by atoms with Crippen LogP contribution in [-0.4, -0.2) is 10.1 Å². The fourth-order valence-corrected chi connectivity index (χ4v) is 1.89. The van der Waals surface area contributed by atoms with E-state index in [4.69, 9.17) is 10.3 Å². The van der Waals surface area contributed by atoms with Crippen LogP contribution in [-0.2, 0) is 6.54 Å². The quantitative estimate of drug-likeness (QED) is 0.777. The Bertz CT molecular complexity index is 659. The first-order chi connectivity index (χ1) is 9.36. The largest absolute Gasteiger partial charge is 0.359 e. The van der Waals surface area contributed by atoms with Crippen LogP contribution in [0.3, 0.4) is 0 Å². The van der Waals surface area contributed by atoms with Crippen molar-refractivity contribution in [2.24, 2.45) is 5.73 Å². The van der Waals surface area contributed by atoms with Crippen LogP contribution in [0.5, 0.6) is 0 Å². The molecule has 2 N–H and O–H groups in total. The predicted molar refractivity (Wildman–Crippen MR) is 73.1 cm³/mol.